The van der Waals surface area contributed by atoms with Crippen LogP contribution in [0.4, 0.5) is 0 Å². The molecule has 1 atom stereocenters. The molecule has 2 aromatic rings. The molecule has 2 N–H and O–H groups in total. The Morgan fingerprint density at radius 2 is 2.11 bits per heavy atom. The lowest BCUT2D eigenvalue weighted by molar-refractivity contribution is 0.544. The summed E-state index contributed by atoms with van der Waals surface area (Å²) in [6.07, 6.45) is 6.67. The number of aromatic nitrogens is 5. The molecule has 0 spiro atoms. The van der Waals surface area contributed by atoms with Crippen molar-refractivity contribution >= 4 is 0 Å². The molecule has 0 saturated heterocycles. The Labute approximate surface area is 106 Å². The van der Waals surface area contributed by atoms with Crippen molar-refractivity contribution in [3.05, 3.63) is 35.9 Å². The number of hydrogen-bond donors (Lipinski definition) is 1. The molecule has 0 aliphatic carbocycles. The van der Waals surface area contributed by atoms with E-state index in [1.54, 1.807) is 18.7 Å². The first-order valence-corrected chi connectivity index (χ1v) is 6.11. The van der Waals surface area contributed by atoms with E-state index in [1.165, 1.54) is 0 Å². The smallest absolute Gasteiger partial charge is 0.138 e. The van der Waals surface area contributed by atoms with E-state index in [2.05, 4.69) is 27.0 Å². The molecule has 0 fully saturated rings. The highest BCUT2D eigenvalue weighted by Gasteiger charge is 2.13. The van der Waals surface area contributed by atoms with E-state index in [-0.39, 0.29) is 6.04 Å². The summed E-state index contributed by atoms with van der Waals surface area (Å²) < 4.78 is 1.89. The summed E-state index contributed by atoms with van der Waals surface area (Å²) in [6.45, 7) is 4.87. The van der Waals surface area contributed by atoms with Crippen molar-refractivity contribution in [2.45, 2.75) is 39.3 Å². The Bertz CT molecular complexity index is 490. The van der Waals surface area contributed by atoms with Gasteiger partial charge < -0.3 is 5.73 Å². The van der Waals surface area contributed by atoms with Gasteiger partial charge in [-0.1, -0.05) is 6.92 Å². The molecule has 2 rings (SSSR count). The van der Waals surface area contributed by atoms with Gasteiger partial charge in [-0.2, -0.15) is 5.10 Å². The third kappa shape index (κ3) is 2.89. The van der Waals surface area contributed by atoms with E-state index in [0.717, 1.165) is 30.2 Å². The fourth-order valence-electron chi connectivity index (χ4n) is 1.74. The fraction of sp³-hybridized carbons (Fsp3) is 0.500. The molecule has 0 saturated carbocycles. The third-order valence-corrected chi connectivity index (χ3v) is 2.71. The van der Waals surface area contributed by atoms with Gasteiger partial charge >= 0.3 is 0 Å². The maximum atomic E-state index is 6.12. The molecule has 0 aromatic carbocycles. The standard InChI is InChI=1S/C12H18N6/c1-3-4-18-12(16-8-17-18)5-10(13)11-7-14-9(2)6-15-11/h6-8,10H,3-5,13H2,1-2H3. The molecule has 6 heteroatoms. The first-order valence-electron chi connectivity index (χ1n) is 6.11. The molecule has 18 heavy (non-hydrogen) atoms. The quantitative estimate of drug-likeness (QED) is 0.852. The van der Waals surface area contributed by atoms with Gasteiger partial charge in [-0.3, -0.25) is 14.6 Å². The minimum absolute atomic E-state index is 0.196. The zero-order valence-electron chi connectivity index (χ0n) is 10.7. The molecule has 0 aliphatic rings. The van der Waals surface area contributed by atoms with E-state index >= 15 is 0 Å². The van der Waals surface area contributed by atoms with E-state index < -0.39 is 0 Å². The number of hydrogen-bond acceptors (Lipinski definition) is 5. The normalized spacial score (nSPS) is 12.6. The Hall–Kier alpha value is -1.82. The monoisotopic (exact) mass is 246 g/mol. The van der Waals surface area contributed by atoms with Crippen molar-refractivity contribution in [1.29, 1.82) is 0 Å². The molecular weight excluding hydrogens is 228 g/mol. The van der Waals surface area contributed by atoms with Gasteiger partial charge in [-0.25, -0.2) is 4.98 Å². The van der Waals surface area contributed by atoms with E-state index in [4.69, 9.17) is 5.73 Å². The van der Waals surface area contributed by atoms with Crippen LogP contribution in [0.5, 0.6) is 0 Å². The van der Waals surface area contributed by atoms with Crippen LogP contribution in [0.15, 0.2) is 18.7 Å². The van der Waals surface area contributed by atoms with Crippen molar-refractivity contribution in [2.75, 3.05) is 0 Å². The molecular formula is C12H18N6. The predicted molar refractivity (Wildman–Crippen MR) is 67.7 cm³/mol. The number of nitrogens with two attached hydrogens (primary N) is 1. The van der Waals surface area contributed by atoms with E-state index in [9.17, 15) is 0 Å². The van der Waals surface area contributed by atoms with Gasteiger partial charge in [0, 0.05) is 19.2 Å². The second-order valence-electron chi connectivity index (χ2n) is 4.29. The van der Waals surface area contributed by atoms with Crippen molar-refractivity contribution in [1.82, 2.24) is 24.7 Å². The zero-order chi connectivity index (χ0) is 13.0. The van der Waals surface area contributed by atoms with Crippen LogP contribution in [-0.4, -0.2) is 24.7 Å². The third-order valence-electron chi connectivity index (χ3n) is 2.71. The van der Waals surface area contributed by atoms with Gasteiger partial charge in [-0.05, 0) is 13.3 Å². The van der Waals surface area contributed by atoms with Crippen molar-refractivity contribution < 1.29 is 0 Å². The van der Waals surface area contributed by atoms with Crippen LogP contribution in [-0.2, 0) is 13.0 Å². The average molecular weight is 246 g/mol. The Kier molecular flexibility index (Phi) is 3.99. The molecule has 0 amide bonds. The van der Waals surface area contributed by atoms with Crippen LogP contribution in [0.2, 0.25) is 0 Å². The lowest BCUT2D eigenvalue weighted by Gasteiger charge is -2.11. The van der Waals surface area contributed by atoms with Gasteiger partial charge in [-0.15, -0.1) is 0 Å². The second kappa shape index (κ2) is 5.68. The lowest BCUT2D eigenvalue weighted by atomic mass is 10.1. The topological polar surface area (TPSA) is 82.5 Å². The Morgan fingerprint density at radius 3 is 2.78 bits per heavy atom. The molecule has 0 radical (unpaired) electrons. The number of rotatable bonds is 5. The largest absolute Gasteiger partial charge is 0.322 e. The van der Waals surface area contributed by atoms with Gasteiger partial charge in [0.1, 0.15) is 12.2 Å². The fourth-order valence-corrected chi connectivity index (χ4v) is 1.74. The van der Waals surface area contributed by atoms with Crippen molar-refractivity contribution in [3.8, 4) is 0 Å². The molecule has 0 bridgehead atoms. The second-order valence-corrected chi connectivity index (χ2v) is 4.29. The van der Waals surface area contributed by atoms with Crippen LogP contribution in [0.1, 0.15) is 36.6 Å². The molecule has 0 aliphatic heterocycles. The van der Waals surface area contributed by atoms with Crippen LogP contribution in [0.3, 0.4) is 0 Å². The summed E-state index contributed by atoms with van der Waals surface area (Å²) in [4.78, 5) is 12.7. The summed E-state index contributed by atoms with van der Waals surface area (Å²) in [5, 5.41) is 4.18. The van der Waals surface area contributed by atoms with Gasteiger partial charge in [0.25, 0.3) is 0 Å². The maximum absolute atomic E-state index is 6.12. The van der Waals surface area contributed by atoms with Gasteiger partial charge in [0.15, 0.2) is 0 Å². The predicted octanol–water partition coefficient (Wildman–Crippen LogP) is 1.03. The number of aryl methyl sites for hydroxylation is 2. The van der Waals surface area contributed by atoms with Gasteiger partial charge in [0.05, 0.1) is 23.6 Å². The summed E-state index contributed by atoms with van der Waals surface area (Å²) in [5.41, 5.74) is 7.79. The zero-order valence-corrected chi connectivity index (χ0v) is 10.7. The first-order chi connectivity index (χ1) is 8.70. The van der Waals surface area contributed by atoms with Crippen LogP contribution in [0.25, 0.3) is 0 Å². The molecule has 6 nitrogen and oxygen atoms in total. The van der Waals surface area contributed by atoms with E-state index in [0.29, 0.717) is 6.42 Å². The molecule has 1 unspecified atom stereocenters. The van der Waals surface area contributed by atoms with Crippen molar-refractivity contribution in [3.63, 3.8) is 0 Å². The molecule has 96 valence electrons. The minimum Gasteiger partial charge on any atom is -0.322 e. The van der Waals surface area contributed by atoms with E-state index in [1.807, 2.05) is 11.6 Å². The van der Waals surface area contributed by atoms with Crippen LogP contribution < -0.4 is 5.73 Å². The van der Waals surface area contributed by atoms with Crippen LogP contribution >= 0.6 is 0 Å². The van der Waals surface area contributed by atoms with Gasteiger partial charge in [0.2, 0.25) is 0 Å². The Balaban J connectivity index is 2.08. The highest BCUT2D eigenvalue weighted by molar-refractivity contribution is 5.07. The Morgan fingerprint density at radius 1 is 1.28 bits per heavy atom. The molecule has 2 heterocycles. The highest BCUT2D eigenvalue weighted by atomic mass is 15.3. The van der Waals surface area contributed by atoms with Crippen LogP contribution in [0, 0.1) is 6.92 Å². The SMILES string of the molecule is CCCn1ncnc1CC(N)c1cnc(C)cn1. The number of nitrogens with zero attached hydrogens (tertiary/aromatic N) is 5. The average Bonchev–Trinajstić information content (AvgIpc) is 2.78. The minimum atomic E-state index is -0.196. The maximum Gasteiger partial charge on any atom is 0.138 e. The summed E-state index contributed by atoms with van der Waals surface area (Å²) in [5.74, 6) is 0.895. The van der Waals surface area contributed by atoms with Crippen molar-refractivity contribution in [2.24, 2.45) is 5.73 Å². The molecule has 2 aromatic heterocycles. The summed E-state index contributed by atoms with van der Waals surface area (Å²) in [6, 6.07) is -0.196. The first kappa shape index (κ1) is 12.6. The summed E-state index contributed by atoms with van der Waals surface area (Å²) in [7, 11) is 0. The lowest BCUT2D eigenvalue weighted by Crippen LogP contribution is -2.18. The highest BCUT2D eigenvalue weighted by Crippen LogP contribution is 2.11. The summed E-state index contributed by atoms with van der Waals surface area (Å²) >= 11 is 0.